The molecule has 0 spiro atoms. The molecular weight excluding hydrogens is 741 g/mol. The summed E-state index contributed by atoms with van der Waals surface area (Å²) in [6.45, 7) is 16.8. The number of amides is 5. The molecule has 0 radical (unpaired) electrons. The van der Waals surface area contributed by atoms with E-state index in [1.54, 1.807) is 35.1 Å². The van der Waals surface area contributed by atoms with Crippen LogP contribution in [0.3, 0.4) is 0 Å². The van der Waals surface area contributed by atoms with E-state index in [1.165, 1.54) is 5.06 Å². The number of likely N-dealkylation sites (N-methyl/N-ethyl adjacent to an activating group) is 2. The lowest BCUT2D eigenvalue weighted by Gasteiger charge is -2.43. The monoisotopic (exact) mass is 815 g/mol. The largest absolute Gasteiger partial charge is 0.379 e. The van der Waals surface area contributed by atoms with Gasteiger partial charge >= 0.3 is 0 Å². The highest BCUT2D eigenvalue weighted by atomic mass is 16.7. The first-order valence-corrected chi connectivity index (χ1v) is 21.4. The fraction of sp³-hybridized carbons (Fsp3) is 0.750. The third-order valence-corrected chi connectivity index (χ3v) is 12.3. The second kappa shape index (κ2) is 22.8. The zero-order valence-electron chi connectivity index (χ0n) is 37.3. The number of methoxy groups -OCH3 is 2. The summed E-state index contributed by atoms with van der Waals surface area (Å²) < 4.78 is 12.2. The molecule has 0 bridgehead atoms. The third kappa shape index (κ3) is 12.3. The second-order valence-corrected chi connectivity index (χ2v) is 17.3. The molecule has 1 aromatic carbocycles. The number of nitrogens with one attached hydrogen (secondary N) is 3. The van der Waals surface area contributed by atoms with Gasteiger partial charge in [0.05, 0.1) is 49.3 Å². The number of carbonyl (C=O) groups is 5. The number of rotatable bonds is 21. The van der Waals surface area contributed by atoms with E-state index >= 15 is 0 Å². The third-order valence-electron chi connectivity index (χ3n) is 12.3. The molecule has 0 aliphatic carbocycles. The van der Waals surface area contributed by atoms with Crippen molar-refractivity contribution in [3.05, 3.63) is 35.9 Å². The van der Waals surface area contributed by atoms with E-state index in [0.29, 0.717) is 26.1 Å². The van der Waals surface area contributed by atoms with Crippen molar-refractivity contribution in [2.45, 2.75) is 142 Å². The molecule has 1 aromatic rings. The summed E-state index contributed by atoms with van der Waals surface area (Å²) in [5.74, 6) is -2.41. The van der Waals surface area contributed by atoms with Gasteiger partial charge in [-0.1, -0.05) is 85.2 Å². The highest BCUT2D eigenvalue weighted by molar-refractivity contribution is 6.00. The lowest BCUT2D eigenvalue weighted by molar-refractivity contribution is -0.203. The lowest BCUT2D eigenvalue weighted by Crippen LogP contribution is -2.62. The highest BCUT2D eigenvalue weighted by Gasteiger charge is 2.46. The summed E-state index contributed by atoms with van der Waals surface area (Å²) in [7, 11) is 6.71. The first kappa shape index (κ1) is 48.9. The molecular formula is C44H74N6O8. The number of likely N-dealkylation sites (tertiary alicyclic amines) is 1. The van der Waals surface area contributed by atoms with Crippen molar-refractivity contribution >= 4 is 29.5 Å². The summed E-state index contributed by atoms with van der Waals surface area (Å²) >= 11 is 0. The maximum Gasteiger partial charge on any atom is 0.271 e. The number of hydroxylamine groups is 2. The maximum atomic E-state index is 14.4. The van der Waals surface area contributed by atoms with Crippen LogP contribution in [0.2, 0.25) is 0 Å². The number of imide groups is 1. The maximum absolute atomic E-state index is 14.4. The SMILES string of the molecule is CC[C@H](C)[C@@H]([C@@H](CC(=O)N1CCC[C@H]1[C@H](OC)[C@@H](C)C(=O)N[C@@](C)(Cc1ccccc1)C(=O)N1CCCCO1)OC)N(C)[C@H](C(=O)NC(=O)[C@@H](NC)C(C)C)C(C)C. The predicted octanol–water partition coefficient (Wildman–Crippen LogP) is 3.96. The Labute approximate surface area is 347 Å². The first-order valence-electron chi connectivity index (χ1n) is 21.4. The van der Waals surface area contributed by atoms with Gasteiger partial charge < -0.3 is 25.0 Å². The van der Waals surface area contributed by atoms with Crippen LogP contribution in [-0.4, -0.2) is 134 Å². The van der Waals surface area contributed by atoms with E-state index in [-0.39, 0.29) is 60.3 Å². The minimum Gasteiger partial charge on any atom is -0.379 e. The smallest absolute Gasteiger partial charge is 0.271 e. The molecule has 14 nitrogen and oxygen atoms in total. The molecule has 2 saturated heterocycles. The Bertz CT molecular complexity index is 1490. The predicted molar refractivity (Wildman–Crippen MR) is 224 cm³/mol. The van der Waals surface area contributed by atoms with Gasteiger partial charge in [-0.05, 0) is 70.0 Å². The Morgan fingerprint density at radius 3 is 2.12 bits per heavy atom. The van der Waals surface area contributed by atoms with Crippen molar-refractivity contribution in [2.75, 3.05) is 48.0 Å². The number of hydrogen-bond acceptors (Lipinski definition) is 10. The number of benzene rings is 1. The molecule has 2 aliphatic heterocycles. The Morgan fingerprint density at radius 1 is 0.914 bits per heavy atom. The van der Waals surface area contributed by atoms with Gasteiger partial charge in [-0.25, -0.2) is 5.06 Å². The van der Waals surface area contributed by atoms with Crippen LogP contribution < -0.4 is 16.0 Å². The van der Waals surface area contributed by atoms with Gasteiger partial charge in [0.15, 0.2) is 0 Å². The van der Waals surface area contributed by atoms with Gasteiger partial charge in [0, 0.05) is 39.8 Å². The molecule has 2 heterocycles. The van der Waals surface area contributed by atoms with Gasteiger partial charge in [0.2, 0.25) is 23.6 Å². The minimum absolute atomic E-state index is 0.0159. The standard InChI is InChI=1S/C44H74N6O8/c1-13-30(6)38(48(10)37(29(4)5)42(54)46-41(53)36(45-9)28(2)3)34(56-11)26-35(51)49-23-19-22-33(49)39(57-12)31(7)40(52)47-44(8,27-32-20-15-14-16-21-32)43(55)50-24-17-18-25-58-50/h14-16,20-21,28-31,33-34,36-39,45H,13,17-19,22-27H2,1-12H3,(H,47,52)(H,46,53,54)/t30-,31+,33-,34+,36-,37-,38-,39+,44-/m0/s1. The molecule has 328 valence electrons. The summed E-state index contributed by atoms with van der Waals surface area (Å²) in [5.41, 5.74) is -0.396. The van der Waals surface area contributed by atoms with Gasteiger partial charge in [-0.3, -0.25) is 39.0 Å². The highest BCUT2D eigenvalue weighted by Crippen LogP contribution is 2.31. The minimum atomic E-state index is -1.29. The normalized spacial score (nSPS) is 20.8. The average Bonchev–Trinajstić information content (AvgIpc) is 3.67. The van der Waals surface area contributed by atoms with E-state index in [2.05, 4.69) is 29.8 Å². The van der Waals surface area contributed by atoms with Crippen LogP contribution in [0.25, 0.3) is 0 Å². The van der Waals surface area contributed by atoms with Gasteiger partial charge in [0.25, 0.3) is 5.91 Å². The Hall–Kier alpha value is -3.43. The molecule has 5 amide bonds. The fourth-order valence-corrected chi connectivity index (χ4v) is 8.97. The number of nitrogens with zero attached hydrogens (tertiary/aromatic N) is 3. The van der Waals surface area contributed by atoms with E-state index in [9.17, 15) is 24.0 Å². The zero-order chi connectivity index (χ0) is 43.3. The van der Waals surface area contributed by atoms with Crippen LogP contribution in [0, 0.1) is 23.7 Å². The second-order valence-electron chi connectivity index (χ2n) is 17.3. The van der Waals surface area contributed by atoms with E-state index < -0.39 is 47.7 Å². The van der Waals surface area contributed by atoms with Crippen LogP contribution >= 0.6 is 0 Å². The molecule has 0 aromatic heterocycles. The molecule has 0 saturated carbocycles. The Morgan fingerprint density at radius 2 is 1.59 bits per heavy atom. The molecule has 58 heavy (non-hydrogen) atoms. The summed E-state index contributed by atoms with van der Waals surface area (Å²) in [4.78, 5) is 79.0. The quantitative estimate of drug-likeness (QED) is 0.166. The van der Waals surface area contributed by atoms with Gasteiger partial charge in [0.1, 0.15) is 5.54 Å². The van der Waals surface area contributed by atoms with Crippen molar-refractivity contribution in [1.29, 1.82) is 0 Å². The van der Waals surface area contributed by atoms with E-state index in [0.717, 1.165) is 31.2 Å². The summed E-state index contributed by atoms with van der Waals surface area (Å²) in [6.07, 6.45) is 2.91. The van der Waals surface area contributed by atoms with Crippen molar-refractivity contribution in [3.63, 3.8) is 0 Å². The average molecular weight is 815 g/mol. The van der Waals surface area contributed by atoms with Crippen LogP contribution in [0.4, 0.5) is 0 Å². The van der Waals surface area contributed by atoms with Crippen LogP contribution in [0.5, 0.6) is 0 Å². The molecule has 2 fully saturated rings. The van der Waals surface area contributed by atoms with Crippen LogP contribution in [-0.2, 0) is 44.7 Å². The van der Waals surface area contributed by atoms with Crippen molar-refractivity contribution in [2.24, 2.45) is 23.7 Å². The van der Waals surface area contributed by atoms with Crippen molar-refractivity contribution < 1.29 is 38.3 Å². The molecule has 0 unspecified atom stereocenters. The van der Waals surface area contributed by atoms with Gasteiger partial charge in [-0.2, -0.15) is 0 Å². The van der Waals surface area contributed by atoms with Gasteiger partial charge in [-0.15, -0.1) is 0 Å². The molecule has 3 N–H and O–H groups in total. The zero-order valence-corrected chi connectivity index (χ0v) is 37.3. The van der Waals surface area contributed by atoms with Crippen molar-refractivity contribution in [3.8, 4) is 0 Å². The summed E-state index contributed by atoms with van der Waals surface area (Å²) in [6, 6.07) is 7.66. The fourth-order valence-electron chi connectivity index (χ4n) is 8.97. The number of ether oxygens (including phenoxy) is 2. The van der Waals surface area contributed by atoms with E-state index in [1.807, 2.05) is 74.9 Å². The molecule has 3 rings (SSSR count). The van der Waals surface area contributed by atoms with Crippen molar-refractivity contribution in [1.82, 2.24) is 30.8 Å². The number of carbonyl (C=O) groups excluding carboxylic acids is 5. The Kier molecular flexibility index (Phi) is 19.2. The molecule has 9 atom stereocenters. The molecule has 2 aliphatic rings. The Balaban J connectivity index is 1.83. The summed E-state index contributed by atoms with van der Waals surface area (Å²) in [5, 5.41) is 10.1. The lowest BCUT2D eigenvalue weighted by atomic mass is 9.87. The van der Waals surface area contributed by atoms with E-state index in [4.69, 9.17) is 14.3 Å². The van der Waals surface area contributed by atoms with Crippen LogP contribution in [0.1, 0.15) is 99.5 Å². The topological polar surface area (TPSA) is 159 Å². The first-order chi connectivity index (χ1) is 27.5. The number of hydrogen-bond donors (Lipinski definition) is 3. The molecule has 14 heteroatoms. The van der Waals surface area contributed by atoms with Crippen LogP contribution in [0.15, 0.2) is 30.3 Å².